The third-order valence-electron chi connectivity index (χ3n) is 3.91. The molecule has 7 nitrogen and oxygen atoms in total. The first kappa shape index (κ1) is 19.2. The van der Waals surface area contributed by atoms with Gasteiger partial charge >= 0.3 is 6.18 Å². The Bertz CT molecular complexity index is 1060. The van der Waals surface area contributed by atoms with Crippen molar-refractivity contribution in [2.24, 2.45) is 0 Å². The third kappa shape index (κ3) is 4.03. The van der Waals surface area contributed by atoms with Gasteiger partial charge in [0.15, 0.2) is 0 Å². The largest absolute Gasteiger partial charge is 0.406 e. The summed E-state index contributed by atoms with van der Waals surface area (Å²) in [6.07, 6.45) is -3.21. The Morgan fingerprint density at radius 3 is 2.61 bits per heavy atom. The van der Waals surface area contributed by atoms with Gasteiger partial charge in [-0.3, -0.25) is 10.1 Å². The number of fused-ring (bicyclic) bond motifs is 1. The zero-order valence-electron chi connectivity index (χ0n) is 14.9. The van der Waals surface area contributed by atoms with E-state index >= 15 is 0 Å². The highest BCUT2D eigenvalue weighted by Crippen LogP contribution is 2.27. The summed E-state index contributed by atoms with van der Waals surface area (Å²) in [5, 5.41) is 11.4. The number of alkyl halides is 3. The molecule has 0 saturated heterocycles. The van der Waals surface area contributed by atoms with Gasteiger partial charge in [-0.1, -0.05) is 0 Å². The minimum Gasteiger partial charge on any atom is -0.363 e. The van der Waals surface area contributed by atoms with Gasteiger partial charge in [-0.2, -0.15) is 18.4 Å². The van der Waals surface area contributed by atoms with E-state index in [9.17, 15) is 18.0 Å². The van der Waals surface area contributed by atoms with E-state index in [-0.39, 0.29) is 28.1 Å². The molecule has 0 radical (unpaired) electrons. The van der Waals surface area contributed by atoms with E-state index in [1.54, 1.807) is 25.1 Å². The summed E-state index contributed by atoms with van der Waals surface area (Å²) >= 11 is 0. The van der Waals surface area contributed by atoms with Crippen molar-refractivity contribution in [3.05, 3.63) is 47.7 Å². The summed E-state index contributed by atoms with van der Waals surface area (Å²) < 4.78 is 40.0. The van der Waals surface area contributed by atoms with Gasteiger partial charge in [0.05, 0.1) is 28.2 Å². The number of imidazole rings is 1. The summed E-state index contributed by atoms with van der Waals surface area (Å²) in [4.78, 5) is 22.4. The predicted molar refractivity (Wildman–Crippen MR) is 97.0 cm³/mol. The Hall–Kier alpha value is -3.61. The molecule has 2 heterocycles. The molecule has 1 N–H and O–H groups in total. The number of rotatable bonds is 4. The van der Waals surface area contributed by atoms with Crippen LogP contribution in [0, 0.1) is 11.3 Å². The molecule has 3 rings (SSSR count). The van der Waals surface area contributed by atoms with Crippen LogP contribution in [0.15, 0.2) is 36.5 Å². The number of nitrogens with one attached hydrogen (secondary N) is 1. The van der Waals surface area contributed by atoms with Gasteiger partial charge in [-0.25, -0.2) is 9.97 Å². The molecular formula is C18H15F3N6O. The minimum atomic E-state index is -4.54. The molecule has 0 aliphatic carbocycles. The minimum absolute atomic E-state index is 0.104. The maximum Gasteiger partial charge on any atom is 0.406 e. The summed E-state index contributed by atoms with van der Waals surface area (Å²) in [7, 11) is 3.58. The number of hydrogen-bond donors (Lipinski definition) is 1. The molecule has 144 valence electrons. The monoisotopic (exact) mass is 388 g/mol. The molecule has 0 fully saturated rings. The topological polar surface area (TPSA) is 86.8 Å². The van der Waals surface area contributed by atoms with E-state index in [4.69, 9.17) is 5.26 Å². The molecule has 10 heteroatoms. The normalized spacial score (nSPS) is 11.3. The molecular weight excluding hydrogens is 373 g/mol. The maximum absolute atomic E-state index is 13.0. The lowest BCUT2D eigenvalue weighted by atomic mass is 10.2. The van der Waals surface area contributed by atoms with Crippen LogP contribution in [0.3, 0.4) is 0 Å². The van der Waals surface area contributed by atoms with Gasteiger partial charge < -0.3 is 9.47 Å². The van der Waals surface area contributed by atoms with Crippen LogP contribution in [0.25, 0.3) is 11.0 Å². The third-order valence-corrected chi connectivity index (χ3v) is 3.91. The first-order valence-corrected chi connectivity index (χ1v) is 8.10. The number of hydrogen-bond acceptors (Lipinski definition) is 5. The quantitative estimate of drug-likeness (QED) is 0.742. The number of nitriles is 1. The maximum atomic E-state index is 13.0. The molecule has 1 amide bonds. The fraction of sp³-hybridized carbons (Fsp3) is 0.222. The molecule has 0 spiro atoms. The highest BCUT2D eigenvalue weighted by molar-refractivity contribution is 6.04. The fourth-order valence-corrected chi connectivity index (χ4v) is 2.59. The standard InChI is InChI=1S/C18H15F3N6O/c1-26(2)15-6-4-12(9-23-15)16(28)25-17-24-13-5-3-11(8-22)7-14(13)27(17)10-18(19,20)21/h3-7,9H,10H2,1-2H3,(H,24,25,28). The van der Waals surface area contributed by atoms with Crippen molar-refractivity contribution < 1.29 is 18.0 Å². The van der Waals surface area contributed by atoms with Crippen molar-refractivity contribution in [1.29, 1.82) is 5.26 Å². The molecule has 0 atom stereocenters. The highest BCUT2D eigenvalue weighted by atomic mass is 19.4. The van der Waals surface area contributed by atoms with Gasteiger partial charge in [0.1, 0.15) is 12.4 Å². The molecule has 3 aromatic rings. The number of anilines is 2. The fourth-order valence-electron chi connectivity index (χ4n) is 2.59. The van der Waals surface area contributed by atoms with Crippen molar-refractivity contribution in [3.8, 4) is 6.07 Å². The van der Waals surface area contributed by atoms with Crippen molar-refractivity contribution in [3.63, 3.8) is 0 Å². The second-order valence-electron chi connectivity index (χ2n) is 6.21. The number of benzene rings is 1. The van der Waals surface area contributed by atoms with Crippen LogP contribution in [0.4, 0.5) is 24.9 Å². The van der Waals surface area contributed by atoms with Crippen LogP contribution in [0.1, 0.15) is 15.9 Å². The van der Waals surface area contributed by atoms with Gasteiger partial charge in [-0.05, 0) is 30.3 Å². The van der Waals surface area contributed by atoms with E-state index in [0.29, 0.717) is 5.82 Å². The number of halogens is 3. The zero-order valence-corrected chi connectivity index (χ0v) is 14.9. The SMILES string of the molecule is CN(C)c1ccc(C(=O)Nc2nc3ccc(C#N)cc3n2CC(F)(F)F)cn1. The Balaban J connectivity index is 1.98. The van der Waals surface area contributed by atoms with Crippen LogP contribution in [0.2, 0.25) is 0 Å². The summed E-state index contributed by atoms with van der Waals surface area (Å²) in [5.74, 6) is -0.272. The molecule has 0 aliphatic heterocycles. The first-order chi connectivity index (χ1) is 13.2. The smallest absolute Gasteiger partial charge is 0.363 e. The number of carbonyl (C=O) groups excluding carboxylic acids is 1. The first-order valence-electron chi connectivity index (χ1n) is 8.10. The van der Waals surface area contributed by atoms with Gasteiger partial charge in [0, 0.05) is 20.3 Å². The second kappa shape index (κ2) is 7.19. The van der Waals surface area contributed by atoms with Crippen molar-refractivity contribution in [2.75, 3.05) is 24.3 Å². The Morgan fingerprint density at radius 2 is 2.04 bits per heavy atom. The van der Waals surface area contributed by atoms with Crippen molar-refractivity contribution >= 4 is 28.7 Å². The Labute approximate surface area is 158 Å². The van der Waals surface area contributed by atoms with E-state index < -0.39 is 18.6 Å². The Morgan fingerprint density at radius 1 is 1.29 bits per heavy atom. The van der Waals surface area contributed by atoms with Gasteiger partial charge in [0.25, 0.3) is 5.91 Å². The van der Waals surface area contributed by atoms with Gasteiger partial charge in [0.2, 0.25) is 5.95 Å². The number of carbonyl (C=O) groups is 1. The molecule has 0 bridgehead atoms. The summed E-state index contributed by atoms with van der Waals surface area (Å²) in [6, 6.07) is 9.20. The molecule has 1 aromatic carbocycles. The average Bonchev–Trinajstić information content (AvgIpc) is 2.96. The average molecular weight is 388 g/mol. The van der Waals surface area contributed by atoms with Crippen LogP contribution < -0.4 is 10.2 Å². The number of nitrogens with zero attached hydrogens (tertiary/aromatic N) is 5. The van der Waals surface area contributed by atoms with Crippen molar-refractivity contribution in [1.82, 2.24) is 14.5 Å². The van der Waals surface area contributed by atoms with E-state index in [2.05, 4.69) is 15.3 Å². The van der Waals surface area contributed by atoms with Crippen LogP contribution >= 0.6 is 0 Å². The molecule has 28 heavy (non-hydrogen) atoms. The zero-order chi connectivity index (χ0) is 20.5. The van der Waals surface area contributed by atoms with Crippen molar-refractivity contribution in [2.45, 2.75) is 12.7 Å². The highest BCUT2D eigenvalue weighted by Gasteiger charge is 2.31. The van der Waals surface area contributed by atoms with E-state index in [1.807, 2.05) is 6.07 Å². The lowest BCUT2D eigenvalue weighted by Crippen LogP contribution is -2.22. The number of amides is 1. The summed E-state index contributed by atoms with van der Waals surface area (Å²) in [5.41, 5.74) is 0.707. The Kier molecular flexibility index (Phi) is 4.92. The molecule has 0 unspecified atom stereocenters. The summed E-state index contributed by atoms with van der Waals surface area (Å²) in [6.45, 7) is -1.36. The predicted octanol–water partition coefficient (Wildman–Crippen LogP) is 3.18. The lowest BCUT2D eigenvalue weighted by Gasteiger charge is -2.13. The number of pyridine rings is 1. The molecule has 0 saturated carbocycles. The van der Waals surface area contributed by atoms with Crippen LogP contribution in [-0.2, 0) is 6.54 Å². The number of aromatic nitrogens is 3. The molecule has 2 aromatic heterocycles. The van der Waals surface area contributed by atoms with Gasteiger partial charge in [-0.15, -0.1) is 0 Å². The molecule has 0 aliphatic rings. The van der Waals surface area contributed by atoms with E-state index in [1.165, 1.54) is 30.5 Å². The second-order valence-corrected chi connectivity index (χ2v) is 6.21. The lowest BCUT2D eigenvalue weighted by molar-refractivity contribution is -0.139. The van der Waals surface area contributed by atoms with E-state index in [0.717, 1.165) is 4.57 Å². The van der Waals surface area contributed by atoms with Crippen LogP contribution in [0.5, 0.6) is 0 Å². The van der Waals surface area contributed by atoms with Crippen LogP contribution in [-0.4, -0.2) is 40.7 Å².